The summed E-state index contributed by atoms with van der Waals surface area (Å²) in [6.07, 6.45) is 10.6. The third-order valence-corrected chi connectivity index (χ3v) is 2.07. The van der Waals surface area contributed by atoms with Gasteiger partial charge in [-0.25, -0.2) is 0 Å². The van der Waals surface area contributed by atoms with Crippen molar-refractivity contribution < 1.29 is 9.53 Å². The van der Waals surface area contributed by atoms with Gasteiger partial charge in [0.1, 0.15) is 5.41 Å². The van der Waals surface area contributed by atoms with E-state index in [0.29, 0.717) is 13.0 Å². The van der Waals surface area contributed by atoms with Crippen molar-refractivity contribution in [2.45, 2.75) is 26.4 Å². The molecule has 3 nitrogen and oxygen atoms in total. The molecule has 0 amide bonds. The highest BCUT2D eigenvalue weighted by atomic mass is 16.5. The fourth-order valence-corrected chi connectivity index (χ4v) is 1.37. The fourth-order valence-electron chi connectivity index (χ4n) is 1.37. The molecular weight excluding hydrogens is 190 g/mol. The number of esters is 1. The highest BCUT2D eigenvalue weighted by Crippen LogP contribution is 2.26. The van der Waals surface area contributed by atoms with Crippen LogP contribution in [0.4, 0.5) is 0 Å². The predicted octanol–water partition coefficient (Wildman–Crippen LogP) is 1.59. The summed E-state index contributed by atoms with van der Waals surface area (Å²) in [6.45, 7) is 4.22. The molecule has 1 rings (SSSR count). The number of hydrogen-bond donors (Lipinski definition) is 0. The molecule has 0 aromatic carbocycles. The van der Waals surface area contributed by atoms with Gasteiger partial charge >= 0.3 is 5.97 Å². The standard InChI is InChI=1S/C12H15NO2/c1-4-6-12(7-5-8-13-9-12)11(14)15-10(2)3/h1,5,7,9-10H,6,8H2,2-3H3/t12-/m1/s1. The van der Waals surface area contributed by atoms with E-state index in [0.717, 1.165) is 0 Å². The maximum absolute atomic E-state index is 11.9. The third kappa shape index (κ3) is 2.69. The van der Waals surface area contributed by atoms with Gasteiger partial charge in [0.15, 0.2) is 0 Å². The van der Waals surface area contributed by atoms with Crippen LogP contribution in [0.25, 0.3) is 0 Å². The van der Waals surface area contributed by atoms with Crippen LogP contribution in [0.1, 0.15) is 20.3 Å². The van der Waals surface area contributed by atoms with Gasteiger partial charge in [0.05, 0.1) is 12.6 Å². The SMILES string of the molecule is C#CC[C@@]1(C(=O)OC(C)C)C=CCN=C1. The van der Waals surface area contributed by atoms with Gasteiger partial charge in [-0.15, -0.1) is 12.3 Å². The second-order valence-corrected chi connectivity index (χ2v) is 3.77. The molecular formula is C12H15NO2. The molecule has 0 aromatic heterocycles. The molecule has 0 fully saturated rings. The largest absolute Gasteiger partial charge is 0.462 e. The number of ether oxygens (including phenoxy) is 1. The Morgan fingerprint density at radius 1 is 1.73 bits per heavy atom. The minimum absolute atomic E-state index is 0.143. The van der Waals surface area contributed by atoms with Crippen LogP contribution in [-0.4, -0.2) is 24.8 Å². The monoisotopic (exact) mass is 205 g/mol. The number of hydrogen-bond acceptors (Lipinski definition) is 3. The van der Waals surface area contributed by atoms with Gasteiger partial charge in [-0.05, 0) is 13.8 Å². The number of nitrogens with zero attached hydrogens (tertiary/aromatic N) is 1. The Labute approximate surface area is 90.2 Å². The van der Waals surface area contributed by atoms with Crippen LogP contribution in [-0.2, 0) is 9.53 Å². The normalized spacial score (nSPS) is 23.9. The zero-order valence-electron chi connectivity index (χ0n) is 9.06. The van der Waals surface area contributed by atoms with Gasteiger partial charge in [0.25, 0.3) is 0 Å². The first-order valence-corrected chi connectivity index (χ1v) is 4.94. The molecule has 0 saturated heterocycles. The Morgan fingerprint density at radius 2 is 2.47 bits per heavy atom. The van der Waals surface area contributed by atoms with Gasteiger partial charge in [0, 0.05) is 12.6 Å². The van der Waals surface area contributed by atoms with Crippen molar-refractivity contribution in [1.82, 2.24) is 0 Å². The van der Waals surface area contributed by atoms with Crippen LogP contribution in [0, 0.1) is 17.8 Å². The van der Waals surface area contributed by atoms with E-state index >= 15 is 0 Å². The molecule has 80 valence electrons. The van der Waals surface area contributed by atoms with Crippen LogP contribution >= 0.6 is 0 Å². The second-order valence-electron chi connectivity index (χ2n) is 3.77. The van der Waals surface area contributed by atoms with Crippen LogP contribution < -0.4 is 0 Å². The first-order valence-electron chi connectivity index (χ1n) is 4.94. The minimum Gasteiger partial charge on any atom is -0.462 e. The van der Waals surface area contributed by atoms with Gasteiger partial charge in [-0.1, -0.05) is 12.2 Å². The molecule has 1 heterocycles. The van der Waals surface area contributed by atoms with E-state index in [4.69, 9.17) is 11.2 Å². The summed E-state index contributed by atoms with van der Waals surface area (Å²) in [6, 6.07) is 0. The zero-order valence-corrected chi connectivity index (χ0v) is 9.06. The second kappa shape index (κ2) is 4.79. The fraction of sp³-hybridized carbons (Fsp3) is 0.500. The van der Waals surface area contributed by atoms with Crippen molar-refractivity contribution in [2.75, 3.05) is 6.54 Å². The van der Waals surface area contributed by atoms with E-state index in [1.54, 1.807) is 12.3 Å². The lowest BCUT2D eigenvalue weighted by atomic mass is 9.84. The maximum Gasteiger partial charge on any atom is 0.322 e. The Bertz CT molecular complexity index is 322. The van der Waals surface area contributed by atoms with Crippen molar-refractivity contribution in [3.05, 3.63) is 12.2 Å². The van der Waals surface area contributed by atoms with E-state index in [1.807, 2.05) is 19.9 Å². The zero-order chi connectivity index (χ0) is 11.3. The highest BCUT2D eigenvalue weighted by Gasteiger charge is 2.36. The van der Waals surface area contributed by atoms with E-state index in [-0.39, 0.29) is 12.1 Å². The van der Waals surface area contributed by atoms with Gasteiger partial charge in [-0.2, -0.15) is 0 Å². The third-order valence-electron chi connectivity index (χ3n) is 2.07. The molecule has 0 unspecified atom stereocenters. The van der Waals surface area contributed by atoms with Crippen LogP contribution in [0.15, 0.2) is 17.1 Å². The summed E-state index contributed by atoms with van der Waals surface area (Å²) in [5.74, 6) is 2.17. The number of carbonyl (C=O) groups excluding carboxylic acids is 1. The Balaban J connectivity index is 2.86. The Morgan fingerprint density at radius 3 is 2.93 bits per heavy atom. The quantitative estimate of drug-likeness (QED) is 0.398. The minimum atomic E-state index is -0.850. The topological polar surface area (TPSA) is 38.7 Å². The number of dihydropyridines is 1. The lowest BCUT2D eigenvalue weighted by Gasteiger charge is -2.25. The molecule has 0 spiro atoms. The number of terminal acetylenes is 1. The molecule has 3 heteroatoms. The summed E-state index contributed by atoms with van der Waals surface area (Å²) >= 11 is 0. The molecule has 0 aliphatic carbocycles. The number of rotatable bonds is 3. The summed E-state index contributed by atoms with van der Waals surface area (Å²) in [5, 5.41) is 0. The maximum atomic E-state index is 11.9. The summed E-state index contributed by atoms with van der Waals surface area (Å²) in [7, 11) is 0. The lowest BCUT2D eigenvalue weighted by Crippen LogP contribution is -2.35. The van der Waals surface area contributed by atoms with E-state index < -0.39 is 5.41 Å². The average molecular weight is 205 g/mol. The molecule has 0 bridgehead atoms. The van der Waals surface area contributed by atoms with Crippen molar-refractivity contribution in [1.29, 1.82) is 0 Å². The van der Waals surface area contributed by atoms with Crippen molar-refractivity contribution in [2.24, 2.45) is 10.4 Å². The van der Waals surface area contributed by atoms with Crippen molar-refractivity contribution in [3.8, 4) is 12.3 Å². The highest BCUT2D eigenvalue weighted by molar-refractivity contribution is 5.98. The van der Waals surface area contributed by atoms with E-state index in [9.17, 15) is 4.79 Å². The first-order chi connectivity index (χ1) is 7.10. The van der Waals surface area contributed by atoms with Crippen LogP contribution in [0.5, 0.6) is 0 Å². The van der Waals surface area contributed by atoms with Crippen LogP contribution in [0.2, 0.25) is 0 Å². The summed E-state index contributed by atoms with van der Waals surface area (Å²) in [5.41, 5.74) is -0.850. The predicted molar refractivity (Wildman–Crippen MR) is 59.6 cm³/mol. The molecule has 0 saturated carbocycles. The smallest absolute Gasteiger partial charge is 0.322 e. The van der Waals surface area contributed by atoms with Gasteiger partial charge in [0.2, 0.25) is 0 Å². The van der Waals surface area contributed by atoms with Crippen molar-refractivity contribution in [3.63, 3.8) is 0 Å². The van der Waals surface area contributed by atoms with E-state index in [2.05, 4.69) is 10.9 Å². The molecule has 0 aromatic rings. The first kappa shape index (κ1) is 11.5. The summed E-state index contributed by atoms with van der Waals surface area (Å²) < 4.78 is 5.17. The lowest BCUT2D eigenvalue weighted by molar-refractivity contribution is -0.153. The Hall–Kier alpha value is -1.56. The van der Waals surface area contributed by atoms with Gasteiger partial charge < -0.3 is 4.74 Å². The molecule has 15 heavy (non-hydrogen) atoms. The van der Waals surface area contributed by atoms with E-state index in [1.165, 1.54) is 0 Å². The molecule has 1 aliphatic heterocycles. The summed E-state index contributed by atoms with van der Waals surface area (Å²) in [4.78, 5) is 15.9. The van der Waals surface area contributed by atoms with Crippen molar-refractivity contribution >= 4 is 12.2 Å². The molecule has 1 atom stereocenters. The molecule has 0 radical (unpaired) electrons. The van der Waals surface area contributed by atoms with Gasteiger partial charge in [-0.3, -0.25) is 9.79 Å². The number of carbonyl (C=O) groups is 1. The average Bonchev–Trinajstić information content (AvgIpc) is 2.18. The molecule has 1 aliphatic rings. The van der Waals surface area contributed by atoms with Crippen LogP contribution in [0.3, 0.4) is 0 Å². The Kier molecular flexibility index (Phi) is 3.68. The number of aliphatic imine (C=N–C) groups is 1. The molecule has 0 N–H and O–H groups in total.